The van der Waals surface area contributed by atoms with Crippen LogP contribution in [0.15, 0.2) is 77.7 Å². The maximum Gasteiger partial charge on any atom is 0.264 e. The Morgan fingerprint density at radius 2 is 1.66 bits per heavy atom. The third-order valence-electron chi connectivity index (χ3n) is 4.12. The molecule has 0 radical (unpaired) electrons. The van der Waals surface area contributed by atoms with Gasteiger partial charge in [0.2, 0.25) is 5.91 Å². The van der Waals surface area contributed by atoms with E-state index in [-0.39, 0.29) is 20.6 Å². The van der Waals surface area contributed by atoms with Crippen LogP contribution in [0.2, 0.25) is 10.0 Å². The molecule has 0 heterocycles. The first-order chi connectivity index (χ1) is 13.8. The van der Waals surface area contributed by atoms with Gasteiger partial charge < -0.3 is 5.32 Å². The fourth-order valence-corrected chi connectivity index (χ4v) is 4.66. The second-order valence-corrected chi connectivity index (χ2v) is 8.96. The van der Waals surface area contributed by atoms with Crippen molar-refractivity contribution >= 4 is 50.5 Å². The summed E-state index contributed by atoms with van der Waals surface area (Å²) in [5, 5.41) is 2.96. The molecule has 3 rings (SSSR count). The molecule has 0 aliphatic rings. The number of nitrogens with zero attached hydrogens (tertiary/aromatic N) is 1. The molecule has 0 atom stereocenters. The van der Waals surface area contributed by atoms with Crippen molar-refractivity contribution in [3.05, 3.63) is 88.4 Å². The van der Waals surface area contributed by atoms with Crippen LogP contribution in [0.25, 0.3) is 0 Å². The lowest BCUT2D eigenvalue weighted by molar-refractivity contribution is -0.114. The third-order valence-corrected chi connectivity index (χ3v) is 6.70. The first-order valence-corrected chi connectivity index (χ1v) is 10.9. The molecule has 29 heavy (non-hydrogen) atoms. The standard InChI is InChI=1S/C21H18Cl2N2O3S/c1-15-7-5-8-16(13-15)24-20(26)14-25(19-12-6-11-18(22)21(19)23)29(27,28)17-9-3-2-4-10-17/h2-13H,14H2,1H3,(H,24,26). The van der Waals surface area contributed by atoms with E-state index in [2.05, 4.69) is 5.32 Å². The highest BCUT2D eigenvalue weighted by Gasteiger charge is 2.29. The largest absolute Gasteiger partial charge is 0.325 e. The van der Waals surface area contributed by atoms with Gasteiger partial charge in [-0.25, -0.2) is 8.42 Å². The van der Waals surface area contributed by atoms with Crippen molar-refractivity contribution in [2.24, 2.45) is 0 Å². The Bertz CT molecular complexity index is 1140. The number of nitrogens with one attached hydrogen (secondary N) is 1. The summed E-state index contributed by atoms with van der Waals surface area (Å²) in [5.74, 6) is -0.508. The van der Waals surface area contributed by atoms with Crippen LogP contribution >= 0.6 is 23.2 Å². The highest BCUT2D eigenvalue weighted by Crippen LogP contribution is 2.35. The molecule has 0 aliphatic heterocycles. The van der Waals surface area contributed by atoms with E-state index >= 15 is 0 Å². The minimum absolute atomic E-state index is 0.0411. The van der Waals surface area contributed by atoms with Gasteiger partial charge in [0, 0.05) is 5.69 Å². The van der Waals surface area contributed by atoms with Crippen LogP contribution in [0.5, 0.6) is 0 Å². The highest BCUT2D eigenvalue weighted by atomic mass is 35.5. The van der Waals surface area contributed by atoms with Crippen molar-refractivity contribution in [2.45, 2.75) is 11.8 Å². The molecule has 150 valence electrons. The van der Waals surface area contributed by atoms with Crippen molar-refractivity contribution in [2.75, 3.05) is 16.2 Å². The van der Waals surface area contributed by atoms with Gasteiger partial charge in [0.15, 0.2) is 0 Å². The van der Waals surface area contributed by atoms with E-state index in [4.69, 9.17) is 23.2 Å². The summed E-state index contributed by atoms with van der Waals surface area (Å²) in [5.41, 5.74) is 1.67. The molecule has 5 nitrogen and oxygen atoms in total. The number of amides is 1. The van der Waals surface area contributed by atoms with Gasteiger partial charge in [-0.1, -0.05) is 59.6 Å². The molecule has 0 bridgehead atoms. The van der Waals surface area contributed by atoms with Gasteiger partial charge in [0.1, 0.15) is 6.54 Å². The summed E-state index contributed by atoms with van der Waals surface area (Å²) in [6.07, 6.45) is 0. The summed E-state index contributed by atoms with van der Waals surface area (Å²) in [4.78, 5) is 12.7. The molecule has 0 unspecified atom stereocenters. The van der Waals surface area contributed by atoms with Gasteiger partial charge in [0.25, 0.3) is 10.0 Å². The molecule has 0 aromatic heterocycles. The lowest BCUT2D eigenvalue weighted by Gasteiger charge is -2.25. The molecule has 0 fully saturated rings. The number of anilines is 2. The quantitative estimate of drug-likeness (QED) is 0.567. The molecule has 1 amide bonds. The van der Waals surface area contributed by atoms with E-state index in [1.165, 1.54) is 18.2 Å². The molecule has 0 aliphatic carbocycles. The highest BCUT2D eigenvalue weighted by molar-refractivity contribution is 7.92. The van der Waals surface area contributed by atoms with Crippen molar-refractivity contribution in [1.82, 2.24) is 0 Å². The number of sulfonamides is 1. The Labute approximate surface area is 179 Å². The van der Waals surface area contributed by atoms with E-state index in [1.54, 1.807) is 48.5 Å². The van der Waals surface area contributed by atoms with Crippen LogP contribution in [-0.4, -0.2) is 20.9 Å². The van der Waals surface area contributed by atoms with E-state index in [0.29, 0.717) is 5.69 Å². The van der Waals surface area contributed by atoms with E-state index in [0.717, 1.165) is 9.87 Å². The molecular weight excluding hydrogens is 431 g/mol. The zero-order valence-electron chi connectivity index (χ0n) is 15.5. The number of hydrogen-bond acceptors (Lipinski definition) is 3. The molecular formula is C21H18Cl2N2O3S. The van der Waals surface area contributed by atoms with Crippen molar-refractivity contribution in [1.29, 1.82) is 0 Å². The smallest absolute Gasteiger partial charge is 0.264 e. The summed E-state index contributed by atoms with van der Waals surface area (Å²) >= 11 is 12.4. The van der Waals surface area contributed by atoms with Crippen LogP contribution < -0.4 is 9.62 Å². The Morgan fingerprint density at radius 1 is 0.966 bits per heavy atom. The Kier molecular flexibility index (Phi) is 6.47. The van der Waals surface area contributed by atoms with Crippen LogP contribution in [0.4, 0.5) is 11.4 Å². The molecule has 0 spiro atoms. The van der Waals surface area contributed by atoms with Crippen molar-refractivity contribution in [3.8, 4) is 0 Å². The first-order valence-electron chi connectivity index (χ1n) is 8.67. The molecule has 3 aromatic rings. The summed E-state index contributed by atoms with van der Waals surface area (Å²) in [7, 11) is -4.06. The van der Waals surface area contributed by atoms with Gasteiger partial charge in [-0.2, -0.15) is 0 Å². The summed E-state index contributed by atoms with van der Waals surface area (Å²) in [6.45, 7) is 1.43. The Morgan fingerprint density at radius 3 is 2.34 bits per heavy atom. The van der Waals surface area contributed by atoms with Crippen LogP contribution in [-0.2, 0) is 14.8 Å². The number of aryl methyl sites for hydroxylation is 1. The average Bonchev–Trinajstić information content (AvgIpc) is 2.69. The average molecular weight is 449 g/mol. The second kappa shape index (κ2) is 8.86. The minimum atomic E-state index is -4.06. The van der Waals surface area contributed by atoms with Crippen LogP contribution in [0.3, 0.4) is 0 Å². The number of rotatable bonds is 6. The maximum absolute atomic E-state index is 13.3. The van der Waals surface area contributed by atoms with Gasteiger partial charge in [-0.05, 0) is 48.9 Å². The van der Waals surface area contributed by atoms with E-state index in [9.17, 15) is 13.2 Å². The van der Waals surface area contributed by atoms with Crippen molar-refractivity contribution in [3.63, 3.8) is 0 Å². The number of benzene rings is 3. The van der Waals surface area contributed by atoms with E-state index in [1.807, 2.05) is 13.0 Å². The second-order valence-electron chi connectivity index (χ2n) is 6.32. The van der Waals surface area contributed by atoms with Gasteiger partial charge in [-0.15, -0.1) is 0 Å². The van der Waals surface area contributed by atoms with Gasteiger partial charge >= 0.3 is 0 Å². The Balaban J connectivity index is 1.99. The first kappa shape index (κ1) is 21.2. The van der Waals surface area contributed by atoms with Gasteiger partial charge in [-0.3, -0.25) is 9.10 Å². The molecule has 8 heteroatoms. The SMILES string of the molecule is Cc1cccc(NC(=O)CN(c2cccc(Cl)c2Cl)S(=O)(=O)c2ccccc2)c1. The van der Waals surface area contributed by atoms with E-state index < -0.39 is 22.5 Å². The van der Waals surface area contributed by atoms with Gasteiger partial charge in [0.05, 0.1) is 20.6 Å². The number of halogens is 2. The topological polar surface area (TPSA) is 66.5 Å². The predicted octanol–water partition coefficient (Wildman–Crippen LogP) is 5.14. The fraction of sp³-hybridized carbons (Fsp3) is 0.0952. The normalized spacial score (nSPS) is 11.1. The molecule has 3 aromatic carbocycles. The lowest BCUT2D eigenvalue weighted by atomic mass is 10.2. The third kappa shape index (κ3) is 4.90. The fourth-order valence-electron chi connectivity index (χ4n) is 2.76. The van der Waals surface area contributed by atoms with Crippen molar-refractivity contribution < 1.29 is 13.2 Å². The Hall–Kier alpha value is -2.54. The monoisotopic (exact) mass is 448 g/mol. The van der Waals surface area contributed by atoms with Crippen LogP contribution in [0.1, 0.15) is 5.56 Å². The summed E-state index contributed by atoms with van der Waals surface area (Å²) < 4.78 is 27.5. The molecule has 1 N–H and O–H groups in total. The number of hydrogen-bond donors (Lipinski definition) is 1. The minimum Gasteiger partial charge on any atom is -0.325 e. The number of carbonyl (C=O) groups excluding carboxylic acids is 1. The van der Waals surface area contributed by atoms with Crippen LogP contribution in [0, 0.1) is 6.92 Å². The maximum atomic E-state index is 13.3. The zero-order valence-corrected chi connectivity index (χ0v) is 17.8. The predicted molar refractivity (Wildman–Crippen MR) is 117 cm³/mol. The summed E-state index contributed by atoms with van der Waals surface area (Å²) in [6, 6.07) is 19.7. The molecule has 0 saturated carbocycles. The molecule has 0 saturated heterocycles. The number of carbonyl (C=O) groups is 1. The zero-order chi connectivity index (χ0) is 21.0. The lowest BCUT2D eigenvalue weighted by Crippen LogP contribution is -2.38.